The molecule has 1 rings (SSSR count). The first kappa shape index (κ1) is 15.5. The number of aromatic nitrogens is 2. The minimum Gasteiger partial charge on any atom is -0.202 e. The van der Waals surface area contributed by atoms with Crippen LogP contribution in [0.2, 0.25) is 0 Å². The molecule has 0 aliphatic rings. The van der Waals surface area contributed by atoms with Crippen molar-refractivity contribution in [1.29, 1.82) is 0 Å². The van der Waals surface area contributed by atoms with Gasteiger partial charge >= 0.3 is 0 Å². The molecule has 0 spiro atoms. The van der Waals surface area contributed by atoms with Gasteiger partial charge in [0.2, 0.25) is 0 Å². The summed E-state index contributed by atoms with van der Waals surface area (Å²) in [4.78, 5) is 0. The summed E-state index contributed by atoms with van der Waals surface area (Å²) in [5, 5.41) is 8.17. The highest BCUT2D eigenvalue weighted by Crippen LogP contribution is 2.36. The van der Waals surface area contributed by atoms with E-state index in [1.165, 1.54) is 19.3 Å². The molecule has 104 valence electrons. The Labute approximate surface area is 112 Å². The van der Waals surface area contributed by atoms with Crippen LogP contribution in [0.3, 0.4) is 0 Å². The number of hydrogen-bond donors (Lipinski definition) is 0. The van der Waals surface area contributed by atoms with Crippen molar-refractivity contribution in [2.24, 2.45) is 0 Å². The number of halogens is 2. The molecule has 0 aromatic carbocycles. The molecule has 1 heterocycles. The van der Waals surface area contributed by atoms with Gasteiger partial charge in [0.1, 0.15) is 5.01 Å². The maximum atomic E-state index is 12.5. The van der Waals surface area contributed by atoms with Gasteiger partial charge in [-0.3, -0.25) is 0 Å². The zero-order valence-corrected chi connectivity index (χ0v) is 12.2. The van der Waals surface area contributed by atoms with Crippen molar-refractivity contribution in [2.45, 2.75) is 71.1 Å². The summed E-state index contributed by atoms with van der Waals surface area (Å²) in [6.45, 7) is 6.37. The van der Waals surface area contributed by atoms with Gasteiger partial charge in [0.15, 0.2) is 5.01 Å². The molecule has 1 aromatic heterocycles. The minimum atomic E-state index is -2.50. The Bertz CT molecular complexity index is 355. The second-order valence-corrected chi connectivity index (χ2v) is 5.98. The van der Waals surface area contributed by atoms with Gasteiger partial charge in [-0.2, -0.15) is 0 Å². The van der Waals surface area contributed by atoms with Crippen LogP contribution in [0.4, 0.5) is 8.78 Å². The van der Waals surface area contributed by atoms with Gasteiger partial charge in [-0.15, -0.1) is 10.2 Å². The molecule has 0 saturated heterocycles. The van der Waals surface area contributed by atoms with Crippen molar-refractivity contribution in [2.75, 3.05) is 0 Å². The van der Waals surface area contributed by atoms with E-state index in [-0.39, 0.29) is 10.4 Å². The number of nitrogens with zero attached hydrogens (tertiary/aromatic N) is 2. The first-order valence-electron chi connectivity index (χ1n) is 6.65. The molecule has 0 bridgehead atoms. The maximum absolute atomic E-state index is 12.5. The third-order valence-electron chi connectivity index (χ3n) is 3.51. The Morgan fingerprint density at radius 1 is 1.17 bits per heavy atom. The summed E-state index contributed by atoms with van der Waals surface area (Å²) in [5.41, 5.74) is -0.0987. The van der Waals surface area contributed by atoms with Gasteiger partial charge in [-0.25, -0.2) is 8.78 Å². The molecule has 0 fully saturated rings. The lowest BCUT2D eigenvalue weighted by atomic mass is 9.83. The molecule has 0 aliphatic carbocycles. The third-order valence-corrected chi connectivity index (χ3v) is 4.74. The smallest absolute Gasteiger partial charge is 0.202 e. The fourth-order valence-electron chi connectivity index (χ4n) is 1.94. The van der Waals surface area contributed by atoms with Gasteiger partial charge < -0.3 is 0 Å². The Balaban J connectivity index is 2.66. The van der Waals surface area contributed by atoms with Crippen LogP contribution in [-0.4, -0.2) is 10.2 Å². The Morgan fingerprint density at radius 3 is 2.39 bits per heavy atom. The minimum absolute atomic E-state index is 0.0987. The number of unbranched alkanes of at least 4 members (excludes halogenated alkanes) is 3. The summed E-state index contributed by atoms with van der Waals surface area (Å²) < 4.78 is 25.1. The largest absolute Gasteiger partial charge is 0.291 e. The predicted octanol–water partition coefficient (Wildman–Crippen LogP) is 5.11. The SMILES string of the molecule is CCCCCCC(C)(CC)c1nnc(C(F)F)s1. The fourth-order valence-corrected chi connectivity index (χ4v) is 2.89. The lowest BCUT2D eigenvalue weighted by Crippen LogP contribution is -2.20. The molecule has 18 heavy (non-hydrogen) atoms. The summed E-state index contributed by atoms with van der Waals surface area (Å²) in [5.74, 6) is 0. The van der Waals surface area contributed by atoms with Gasteiger partial charge in [0.05, 0.1) is 0 Å². The average molecular weight is 276 g/mol. The van der Waals surface area contributed by atoms with E-state index < -0.39 is 6.43 Å². The fraction of sp³-hybridized carbons (Fsp3) is 0.846. The van der Waals surface area contributed by atoms with Crippen LogP contribution in [0.5, 0.6) is 0 Å². The lowest BCUT2D eigenvalue weighted by Gasteiger charge is -2.25. The highest BCUT2D eigenvalue weighted by atomic mass is 32.1. The average Bonchev–Trinajstić information content (AvgIpc) is 2.84. The first-order chi connectivity index (χ1) is 8.53. The monoisotopic (exact) mass is 276 g/mol. The topological polar surface area (TPSA) is 25.8 Å². The predicted molar refractivity (Wildman–Crippen MR) is 71.3 cm³/mol. The van der Waals surface area contributed by atoms with Crippen LogP contribution in [0.15, 0.2) is 0 Å². The molecule has 2 nitrogen and oxygen atoms in total. The highest BCUT2D eigenvalue weighted by molar-refractivity contribution is 7.11. The van der Waals surface area contributed by atoms with Gasteiger partial charge in [-0.1, -0.05) is 57.8 Å². The van der Waals surface area contributed by atoms with E-state index in [2.05, 4.69) is 31.0 Å². The molecule has 1 aromatic rings. The van der Waals surface area contributed by atoms with E-state index in [0.717, 1.165) is 35.6 Å². The molecule has 0 saturated carbocycles. The summed E-state index contributed by atoms with van der Waals surface area (Å²) >= 11 is 1.06. The number of alkyl halides is 2. The van der Waals surface area contributed by atoms with E-state index >= 15 is 0 Å². The Morgan fingerprint density at radius 2 is 1.89 bits per heavy atom. The second-order valence-electron chi connectivity index (χ2n) is 4.97. The van der Waals surface area contributed by atoms with Crippen LogP contribution in [0.25, 0.3) is 0 Å². The van der Waals surface area contributed by atoms with Crippen LogP contribution >= 0.6 is 11.3 Å². The Kier molecular flexibility index (Phi) is 6.12. The normalized spacial score (nSPS) is 15.0. The van der Waals surface area contributed by atoms with Crippen molar-refractivity contribution in [1.82, 2.24) is 10.2 Å². The van der Waals surface area contributed by atoms with Gasteiger partial charge in [0, 0.05) is 5.41 Å². The van der Waals surface area contributed by atoms with Gasteiger partial charge in [0.25, 0.3) is 6.43 Å². The zero-order valence-electron chi connectivity index (χ0n) is 11.4. The van der Waals surface area contributed by atoms with Crippen molar-refractivity contribution >= 4 is 11.3 Å². The molecule has 0 N–H and O–H groups in total. The molecule has 1 atom stereocenters. The molecule has 1 unspecified atom stereocenters. The van der Waals surface area contributed by atoms with Gasteiger partial charge in [-0.05, 0) is 12.8 Å². The summed E-state index contributed by atoms with van der Waals surface area (Å²) in [6.07, 6.45) is 4.18. The summed E-state index contributed by atoms with van der Waals surface area (Å²) in [7, 11) is 0. The van der Waals surface area contributed by atoms with Crippen molar-refractivity contribution in [3.05, 3.63) is 10.0 Å². The molecular formula is C13H22F2N2S. The summed E-state index contributed by atoms with van der Waals surface area (Å²) in [6, 6.07) is 0. The standard InChI is InChI=1S/C13H22F2N2S/c1-4-6-7-8-9-13(3,5-2)12-17-16-11(18-12)10(14)15/h10H,4-9H2,1-3H3. The van der Waals surface area contributed by atoms with E-state index in [9.17, 15) is 8.78 Å². The van der Waals surface area contributed by atoms with Crippen molar-refractivity contribution < 1.29 is 8.78 Å². The van der Waals surface area contributed by atoms with E-state index in [1.807, 2.05) is 0 Å². The molecular weight excluding hydrogens is 254 g/mol. The van der Waals surface area contributed by atoms with Crippen molar-refractivity contribution in [3.63, 3.8) is 0 Å². The molecule has 0 aliphatic heterocycles. The highest BCUT2D eigenvalue weighted by Gasteiger charge is 2.29. The molecule has 5 heteroatoms. The van der Waals surface area contributed by atoms with Crippen LogP contribution in [0, 0.1) is 0 Å². The second kappa shape index (κ2) is 7.12. The van der Waals surface area contributed by atoms with E-state index in [4.69, 9.17) is 0 Å². The maximum Gasteiger partial charge on any atom is 0.291 e. The lowest BCUT2D eigenvalue weighted by molar-refractivity contribution is 0.150. The van der Waals surface area contributed by atoms with Crippen LogP contribution in [0.1, 0.15) is 75.7 Å². The third kappa shape index (κ3) is 3.97. The molecule has 0 amide bonds. The quantitative estimate of drug-likeness (QED) is 0.616. The number of hydrogen-bond acceptors (Lipinski definition) is 3. The van der Waals surface area contributed by atoms with E-state index in [1.54, 1.807) is 0 Å². The molecule has 0 radical (unpaired) electrons. The Hall–Kier alpha value is -0.580. The zero-order chi connectivity index (χ0) is 13.6. The first-order valence-corrected chi connectivity index (χ1v) is 7.47. The number of rotatable bonds is 8. The van der Waals surface area contributed by atoms with Crippen LogP contribution in [-0.2, 0) is 5.41 Å². The van der Waals surface area contributed by atoms with Crippen LogP contribution < -0.4 is 0 Å². The van der Waals surface area contributed by atoms with Crippen molar-refractivity contribution in [3.8, 4) is 0 Å². The van der Waals surface area contributed by atoms with E-state index in [0.29, 0.717) is 0 Å².